The molecule has 0 fully saturated rings. The fourth-order valence-electron chi connectivity index (χ4n) is 5.91. The number of aromatic nitrogens is 4. The van der Waals surface area contributed by atoms with E-state index in [2.05, 4.69) is 62.4 Å². The summed E-state index contributed by atoms with van der Waals surface area (Å²) in [5.74, 6) is 4.34. The first-order chi connectivity index (χ1) is 19.7. The van der Waals surface area contributed by atoms with Crippen LogP contribution in [0.5, 0.6) is 0 Å². The van der Waals surface area contributed by atoms with Crippen LogP contribution in [0.1, 0.15) is 65.2 Å². The quantitative estimate of drug-likeness (QED) is 0.100. The van der Waals surface area contributed by atoms with Gasteiger partial charge in [0.1, 0.15) is 0 Å². The van der Waals surface area contributed by atoms with E-state index < -0.39 is 0 Å². The third kappa shape index (κ3) is 7.18. The highest BCUT2D eigenvalue weighted by atomic mass is 15.4. The van der Waals surface area contributed by atoms with Crippen LogP contribution in [0.15, 0.2) is 97.6 Å². The molecule has 0 aromatic carbocycles. The molecule has 0 aliphatic carbocycles. The molecule has 0 spiro atoms. The SMILES string of the molecule is CC[N+](CCCCCCCCCC[N+](CC)(c1ccccn1)c1ccccn1)(c1ccccn1)c1ccccn1. The Labute approximate surface area is 241 Å². The van der Waals surface area contributed by atoms with Crippen LogP contribution in [-0.4, -0.2) is 46.1 Å². The zero-order valence-electron chi connectivity index (χ0n) is 24.4. The topological polar surface area (TPSA) is 51.6 Å². The van der Waals surface area contributed by atoms with E-state index in [0.717, 1.165) is 49.5 Å². The maximum absolute atomic E-state index is 4.74. The van der Waals surface area contributed by atoms with Gasteiger partial charge in [0.15, 0.2) is 0 Å². The number of hydrogen-bond donors (Lipinski definition) is 0. The van der Waals surface area contributed by atoms with E-state index in [1.807, 2.05) is 49.1 Å². The van der Waals surface area contributed by atoms with E-state index in [-0.39, 0.29) is 0 Å². The van der Waals surface area contributed by atoms with E-state index >= 15 is 0 Å². The van der Waals surface area contributed by atoms with Crippen LogP contribution in [0.4, 0.5) is 23.3 Å². The second kappa shape index (κ2) is 15.3. The van der Waals surface area contributed by atoms with Gasteiger partial charge in [-0.3, -0.25) is 0 Å². The first-order valence-electron chi connectivity index (χ1n) is 15.2. The van der Waals surface area contributed by atoms with Gasteiger partial charge in [0, 0.05) is 49.1 Å². The summed E-state index contributed by atoms with van der Waals surface area (Å²) >= 11 is 0. The molecule has 0 N–H and O–H groups in total. The number of rotatable bonds is 17. The summed E-state index contributed by atoms with van der Waals surface area (Å²) in [5.41, 5.74) is 0. The average molecular weight is 539 g/mol. The average Bonchev–Trinajstić information content (AvgIpc) is 3.04. The van der Waals surface area contributed by atoms with E-state index in [1.54, 1.807) is 0 Å². The van der Waals surface area contributed by atoms with E-state index in [0.29, 0.717) is 8.97 Å². The lowest BCUT2D eigenvalue weighted by molar-refractivity contribution is 0.362. The lowest BCUT2D eigenvalue weighted by atomic mass is 10.1. The molecular weight excluding hydrogens is 492 g/mol. The normalized spacial score (nSPS) is 11.9. The third-order valence-corrected chi connectivity index (χ3v) is 8.26. The molecule has 0 amide bonds. The highest BCUT2D eigenvalue weighted by Crippen LogP contribution is 2.33. The predicted molar refractivity (Wildman–Crippen MR) is 168 cm³/mol. The number of nitrogens with zero attached hydrogens (tertiary/aromatic N) is 6. The van der Waals surface area contributed by atoms with Crippen LogP contribution < -0.4 is 8.97 Å². The standard InChI is InChI=1S/C34H46N6/c1-3-39(31-21-11-15-25-35-31,32-22-12-16-26-36-32)29-19-9-7-5-6-8-10-20-30-40(4-2,33-23-13-17-27-37-33)34-24-14-18-28-38-34/h11-18,21-28H,3-10,19-20,29-30H2,1-2H3/q+2. The molecule has 210 valence electrons. The molecule has 4 aromatic heterocycles. The zero-order chi connectivity index (χ0) is 27.9. The Balaban J connectivity index is 1.22. The van der Waals surface area contributed by atoms with Crippen LogP contribution in [-0.2, 0) is 0 Å². The van der Waals surface area contributed by atoms with Crippen LogP contribution in [0.25, 0.3) is 0 Å². The Morgan fingerprint density at radius 2 is 0.675 bits per heavy atom. The summed E-state index contributed by atoms with van der Waals surface area (Å²) < 4.78 is 1.43. The molecule has 6 heteroatoms. The summed E-state index contributed by atoms with van der Waals surface area (Å²) in [6.45, 7) is 8.45. The first-order valence-corrected chi connectivity index (χ1v) is 15.2. The van der Waals surface area contributed by atoms with Crippen LogP contribution in [0, 0.1) is 0 Å². The van der Waals surface area contributed by atoms with Crippen LogP contribution >= 0.6 is 0 Å². The van der Waals surface area contributed by atoms with Crippen LogP contribution in [0.3, 0.4) is 0 Å². The van der Waals surface area contributed by atoms with Crippen molar-refractivity contribution in [2.24, 2.45) is 0 Å². The summed E-state index contributed by atoms with van der Waals surface area (Å²) in [4.78, 5) is 19.0. The second-order valence-electron chi connectivity index (χ2n) is 10.6. The Morgan fingerprint density at radius 3 is 0.900 bits per heavy atom. The Kier molecular flexibility index (Phi) is 11.3. The molecule has 40 heavy (non-hydrogen) atoms. The molecule has 4 heterocycles. The third-order valence-electron chi connectivity index (χ3n) is 8.26. The molecule has 0 saturated carbocycles. The number of unbranched alkanes of at least 4 members (excludes halogenated alkanes) is 7. The van der Waals surface area contributed by atoms with Gasteiger partial charge in [0.2, 0.25) is 23.3 Å². The molecule has 0 saturated heterocycles. The molecule has 0 unspecified atom stereocenters. The summed E-state index contributed by atoms with van der Waals surface area (Å²) in [6.07, 6.45) is 17.6. The largest absolute Gasteiger partial charge is 0.233 e. The van der Waals surface area contributed by atoms with Crippen molar-refractivity contribution in [2.75, 3.05) is 26.2 Å². The van der Waals surface area contributed by atoms with Gasteiger partial charge in [-0.05, 0) is 63.8 Å². The van der Waals surface area contributed by atoms with Gasteiger partial charge in [0.25, 0.3) is 0 Å². The van der Waals surface area contributed by atoms with Gasteiger partial charge in [-0.25, -0.2) is 28.9 Å². The maximum atomic E-state index is 4.74. The molecular formula is C34H46N6+2. The van der Waals surface area contributed by atoms with Gasteiger partial charge in [-0.15, -0.1) is 0 Å². The smallest absolute Gasteiger partial charge is 0.226 e. The maximum Gasteiger partial charge on any atom is 0.233 e. The Morgan fingerprint density at radius 1 is 0.400 bits per heavy atom. The molecule has 0 radical (unpaired) electrons. The summed E-state index contributed by atoms with van der Waals surface area (Å²) in [7, 11) is 0. The molecule has 0 aliphatic heterocycles. The molecule has 0 aliphatic rings. The lowest BCUT2D eigenvalue weighted by Crippen LogP contribution is -2.46. The summed E-state index contributed by atoms with van der Waals surface area (Å²) in [5, 5.41) is 0. The van der Waals surface area contributed by atoms with Crippen molar-refractivity contribution in [3.8, 4) is 0 Å². The highest BCUT2D eigenvalue weighted by Gasteiger charge is 2.34. The van der Waals surface area contributed by atoms with Crippen molar-refractivity contribution in [1.82, 2.24) is 28.9 Å². The summed E-state index contributed by atoms with van der Waals surface area (Å²) in [6, 6.07) is 24.9. The van der Waals surface area contributed by atoms with E-state index in [9.17, 15) is 0 Å². The Bertz CT molecular complexity index is 1040. The van der Waals surface area contributed by atoms with E-state index in [4.69, 9.17) is 19.9 Å². The lowest BCUT2D eigenvalue weighted by Gasteiger charge is -2.34. The fourth-order valence-corrected chi connectivity index (χ4v) is 5.91. The van der Waals surface area contributed by atoms with Gasteiger partial charge in [-0.2, -0.15) is 0 Å². The van der Waals surface area contributed by atoms with Crippen LogP contribution in [0.2, 0.25) is 0 Å². The molecule has 4 aromatic rings. The van der Waals surface area contributed by atoms with Crippen molar-refractivity contribution in [3.05, 3.63) is 97.6 Å². The number of pyridine rings is 4. The minimum absolute atomic E-state index is 0.714. The van der Waals surface area contributed by atoms with Gasteiger partial charge < -0.3 is 0 Å². The Hall–Kier alpha value is -3.48. The first kappa shape index (κ1) is 29.5. The number of quaternary nitrogens is 2. The van der Waals surface area contributed by atoms with Crippen molar-refractivity contribution in [1.29, 1.82) is 0 Å². The van der Waals surface area contributed by atoms with Crippen molar-refractivity contribution >= 4 is 23.3 Å². The molecule has 0 bridgehead atoms. The highest BCUT2D eigenvalue weighted by molar-refractivity contribution is 5.51. The monoisotopic (exact) mass is 538 g/mol. The van der Waals surface area contributed by atoms with Gasteiger partial charge >= 0.3 is 0 Å². The second-order valence-corrected chi connectivity index (χ2v) is 10.6. The number of hydrogen-bond acceptors (Lipinski definition) is 4. The van der Waals surface area contributed by atoms with Crippen molar-refractivity contribution in [3.63, 3.8) is 0 Å². The molecule has 4 rings (SSSR count). The zero-order valence-corrected chi connectivity index (χ0v) is 24.4. The van der Waals surface area contributed by atoms with Gasteiger partial charge in [-0.1, -0.05) is 49.9 Å². The predicted octanol–water partition coefficient (Wildman–Crippen LogP) is 8.41. The minimum atomic E-state index is 0.714. The molecule has 0 atom stereocenters. The van der Waals surface area contributed by atoms with E-state index in [1.165, 1.54) is 51.4 Å². The molecule has 6 nitrogen and oxygen atoms in total. The van der Waals surface area contributed by atoms with Crippen molar-refractivity contribution < 1.29 is 0 Å². The minimum Gasteiger partial charge on any atom is -0.226 e. The fraction of sp³-hybridized carbons (Fsp3) is 0.412. The van der Waals surface area contributed by atoms with Crippen molar-refractivity contribution in [2.45, 2.75) is 65.2 Å². The van der Waals surface area contributed by atoms with Gasteiger partial charge in [0.05, 0.1) is 26.2 Å².